The molecule has 0 saturated heterocycles. The first-order valence-electron chi connectivity index (χ1n) is 4.18. The van der Waals surface area contributed by atoms with Crippen molar-refractivity contribution >= 4 is 5.97 Å². The first-order valence-corrected chi connectivity index (χ1v) is 4.18. The van der Waals surface area contributed by atoms with Crippen LogP contribution in [0.5, 0.6) is 0 Å². The minimum Gasteiger partial charge on any atom is -0.478 e. The fraction of sp³-hybridized carbons (Fsp3) is 0.333. The maximum atomic E-state index is 10.5. The first-order chi connectivity index (χ1) is 6.63. The minimum absolute atomic E-state index is 0.0432. The summed E-state index contributed by atoms with van der Waals surface area (Å²) in [5.74, 6) is -0.467. The van der Waals surface area contributed by atoms with E-state index >= 15 is 0 Å². The predicted molar refractivity (Wildman–Crippen MR) is 49.9 cm³/mol. The first kappa shape index (κ1) is 10.5. The van der Waals surface area contributed by atoms with Crippen LogP contribution in [0.4, 0.5) is 0 Å². The zero-order valence-corrected chi connectivity index (χ0v) is 7.66. The Morgan fingerprint density at radius 2 is 2.36 bits per heavy atom. The summed E-state index contributed by atoms with van der Waals surface area (Å²) >= 11 is 0. The lowest BCUT2D eigenvalue weighted by Gasteiger charge is -1.96. The third-order valence-electron chi connectivity index (χ3n) is 1.75. The van der Waals surface area contributed by atoms with Gasteiger partial charge in [0.15, 0.2) is 0 Å². The second kappa shape index (κ2) is 4.57. The topological polar surface area (TPSA) is 86.2 Å². The normalized spacial score (nSPS) is 10.1. The Hall–Kier alpha value is -1.62. The van der Waals surface area contributed by atoms with Gasteiger partial charge < -0.3 is 15.2 Å². The third-order valence-corrected chi connectivity index (χ3v) is 1.75. The molecule has 0 bridgehead atoms. The number of aromatic nitrogens is 2. The second-order valence-electron chi connectivity index (χ2n) is 2.91. The number of aliphatic carboxylic acids is 1. The maximum absolute atomic E-state index is 10.5. The molecule has 14 heavy (non-hydrogen) atoms. The van der Waals surface area contributed by atoms with E-state index in [9.17, 15) is 4.79 Å². The van der Waals surface area contributed by atoms with Gasteiger partial charge in [0.2, 0.25) is 0 Å². The number of imidazole rings is 1. The van der Waals surface area contributed by atoms with Crippen molar-refractivity contribution in [1.82, 2.24) is 9.97 Å². The molecule has 0 fully saturated rings. The summed E-state index contributed by atoms with van der Waals surface area (Å²) in [4.78, 5) is 17.3. The molecule has 1 rings (SSSR count). The number of nitrogens with one attached hydrogen (secondary N) is 1. The Balaban J connectivity index is 2.59. The van der Waals surface area contributed by atoms with Crippen LogP contribution in [0.15, 0.2) is 18.3 Å². The molecule has 76 valence electrons. The molecule has 0 radical (unpaired) electrons. The molecule has 3 N–H and O–H groups in total. The number of hydrogen-bond donors (Lipinski definition) is 3. The molecule has 1 heterocycles. The van der Waals surface area contributed by atoms with Crippen LogP contribution >= 0.6 is 0 Å². The van der Waals surface area contributed by atoms with Gasteiger partial charge in [-0.3, -0.25) is 0 Å². The largest absolute Gasteiger partial charge is 0.478 e. The molecular weight excluding hydrogens is 184 g/mol. The maximum Gasteiger partial charge on any atom is 0.331 e. The van der Waals surface area contributed by atoms with Crippen molar-refractivity contribution in [3.05, 3.63) is 29.9 Å². The van der Waals surface area contributed by atoms with Crippen molar-refractivity contribution in [1.29, 1.82) is 0 Å². The van der Waals surface area contributed by atoms with Gasteiger partial charge in [0, 0.05) is 36.9 Å². The van der Waals surface area contributed by atoms with E-state index in [2.05, 4.69) is 16.5 Å². The van der Waals surface area contributed by atoms with Crippen LogP contribution in [-0.4, -0.2) is 32.8 Å². The lowest BCUT2D eigenvalue weighted by molar-refractivity contribution is -0.132. The van der Waals surface area contributed by atoms with Gasteiger partial charge in [-0.25, -0.2) is 9.78 Å². The molecule has 0 atom stereocenters. The highest BCUT2D eigenvalue weighted by Gasteiger charge is 2.07. The van der Waals surface area contributed by atoms with E-state index in [4.69, 9.17) is 10.2 Å². The average molecular weight is 196 g/mol. The number of aliphatic hydroxyl groups excluding tert-OH is 1. The molecule has 0 aromatic carbocycles. The van der Waals surface area contributed by atoms with E-state index in [1.54, 1.807) is 6.20 Å². The minimum atomic E-state index is -1.02. The number of aliphatic hydroxyl groups is 1. The van der Waals surface area contributed by atoms with Crippen LogP contribution in [0.2, 0.25) is 0 Å². The molecule has 1 aromatic heterocycles. The van der Waals surface area contributed by atoms with Gasteiger partial charge in [-0.05, 0) is 0 Å². The van der Waals surface area contributed by atoms with Gasteiger partial charge in [0.05, 0.1) is 0 Å². The van der Waals surface area contributed by atoms with Gasteiger partial charge in [0.1, 0.15) is 5.82 Å². The number of carbonyl (C=O) groups is 1. The third kappa shape index (κ3) is 2.70. The van der Waals surface area contributed by atoms with Crippen LogP contribution in [0, 0.1) is 0 Å². The quantitative estimate of drug-likeness (QED) is 0.584. The molecule has 0 aliphatic rings. The number of rotatable bonds is 5. The number of carboxylic acids is 1. The highest BCUT2D eigenvalue weighted by atomic mass is 16.4. The summed E-state index contributed by atoms with van der Waals surface area (Å²) in [6.07, 6.45) is 2.27. The van der Waals surface area contributed by atoms with Crippen molar-refractivity contribution in [2.75, 3.05) is 6.61 Å². The molecule has 0 aliphatic carbocycles. The summed E-state index contributed by atoms with van der Waals surface area (Å²) in [7, 11) is 0. The van der Waals surface area contributed by atoms with Crippen LogP contribution in [0.3, 0.4) is 0 Å². The summed E-state index contributed by atoms with van der Waals surface area (Å²) < 4.78 is 0. The van der Waals surface area contributed by atoms with E-state index in [-0.39, 0.29) is 18.6 Å². The zero-order chi connectivity index (χ0) is 10.6. The van der Waals surface area contributed by atoms with Gasteiger partial charge in [0.25, 0.3) is 0 Å². The monoisotopic (exact) mass is 196 g/mol. The van der Waals surface area contributed by atoms with Crippen LogP contribution < -0.4 is 0 Å². The van der Waals surface area contributed by atoms with Crippen molar-refractivity contribution < 1.29 is 15.0 Å². The van der Waals surface area contributed by atoms with E-state index in [0.29, 0.717) is 12.2 Å². The van der Waals surface area contributed by atoms with Crippen molar-refractivity contribution in [3.8, 4) is 0 Å². The lowest BCUT2D eigenvalue weighted by atomic mass is 10.2. The van der Waals surface area contributed by atoms with E-state index in [1.807, 2.05) is 0 Å². The summed E-state index contributed by atoms with van der Waals surface area (Å²) in [5, 5.41) is 17.2. The molecule has 1 aromatic rings. The summed E-state index contributed by atoms with van der Waals surface area (Å²) in [6, 6.07) is 0. The number of hydrogen-bond acceptors (Lipinski definition) is 3. The Bertz CT molecular complexity index is 344. The summed E-state index contributed by atoms with van der Waals surface area (Å²) in [5.41, 5.74) is 0.885. The number of carboxylic acid groups (broad SMARTS) is 1. The highest BCUT2D eigenvalue weighted by Crippen LogP contribution is 2.04. The molecule has 0 aliphatic heterocycles. The van der Waals surface area contributed by atoms with Gasteiger partial charge >= 0.3 is 5.97 Å². The van der Waals surface area contributed by atoms with E-state index in [1.165, 1.54) is 0 Å². The van der Waals surface area contributed by atoms with Gasteiger partial charge in [-0.15, -0.1) is 0 Å². The van der Waals surface area contributed by atoms with Crippen LogP contribution in [0.1, 0.15) is 11.5 Å². The fourth-order valence-corrected chi connectivity index (χ4v) is 1.02. The number of H-pyrrole nitrogens is 1. The smallest absolute Gasteiger partial charge is 0.331 e. The highest BCUT2D eigenvalue weighted by molar-refractivity contribution is 5.86. The van der Waals surface area contributed by atoms with E-state index < -0.39 is 5.97 Å². The Morgan fingerprint density at radius 3 is 2.93 bits per heavy atom. The Morgan fingerprint density at radius 1 is 1.64 bits per heavy atom. The van der Waals surface area contributed by atoms with Gasteiger partial charge in [-0.1, -0.05) is 6.58 Å². The predicted octanol–water partition coefficient (Wildman–Crippen LogP) is 0.128. The molecule has 0 amide bonds. The Kier molecular flexibility index (Phi) is 3.41. The van der Waals surface area contributed by atoms with Crippen molar-refractivity contribution in [3.63, 3.8) is 0 Å². The molecule has 0 spiro atoms. The zero-order valence-electron chi connectivity index (χ0n) is 7.66. The molecule has 0 unspecified atom stereocenters. The second-order valence-corrected chi connectivity index (χ2v) is 2.91. The Labute approximate surface area is 81.1 Å². The standard InChI is InChI=1S/C9H12N2O3/c1-6(9(13)14)4-8-10-5-7(11-8)2-3-12/h5,12H,1-4H2,(H,10,11)(H,13,14). The van der Waals surface area contributed by atoms with Crippen molar-refractivity contribution in [2.24, 2.45) is 0 Å². The van der Waals surface area contributed by atoms with Crippen LogP contribution in [0.25, 0.3) is 0 Å². The molecule has 5 heteroatoms. The fourth-order valence-electron chi connectivity index (χ4n) is 1.02. The molecule has 5 nitrogen and oxygen atoms in total. The van der Waals surface area contributed by atoms with Gasteiger partial charge in [-0.2, -0.15) is 0 Å². The number of nitrogens with zero attached hydrogens (tertiary/aromatic N) is 1. The lowest BCUT2D eigenvalue weighted by Crippen LogP contribution is -2.03. The summed E-state index contributed by atoms with van der Waals surface area (Å²) in [6.45, 7) is 3.44. The van der Waals surface area contributed by atoms with Crippen LogP contribution in [-0.2, 0) is 17.6 Å². The SMILES string of the molecule is C=C(Cc1ncc(CCO)[nH]1)C(=O)O. The van der Waals surface area contributed by atoms with Crippen molar-refractivity contribution in [2.45, 2.75) is 12.8 Å². The van der Waals surface area contributed by atoms with E-state index in [0.717, 1.165) is 5.69 Å². The molecule has 0 saturated carbocycles. The molecular formula is C9H12N2O3. The number of aromatic amines is 1. The average Bonchev–Trinajstić information content (AvgIpc) is 2.53.